The maximum absolute atomic E-state index is 8.74. The van der Waals surface area contributed by atoms with Crippen molar-refractivity contribution < 1.29 is 20.0 Å². The van der Waals surface area contributed by atoms with Crippen molar-refractivity contribution in [3.8, 4) is 0 Å². The molecule has 12 heavy (non-hydrogen) atoms. The Morgan fingerprint density at radius 2 is 1.92 bits per heavy atom. The monoisotopic (exact) mass is 178 g/mol. The van der Waals surface area contributed by atoms with Crippen LogP contribution >= 0.6 is 0 Å². The number of ether oxygens (including phenoxy) is 1. The van der Waals surface area contributed by atoms with Crippen molar-refractivity contribution in [2.75, 3.05) is 19.8 Å². The molecule has 4 heteroatoms. The molecule has 0 bridgehead atoms. The van der Waals surface area contributed by atoms with Crippen LogP contribution in [0.4, 0.5) is 0 Å². The van der Waals surface area contributed by atoms with Crippen LogP contribution in [-0.4, -0.2) is 36.3 Å². The van der Waals surface area contributed by atoms with Crippen molar-refractivity contribution >= 4 is 0 Å². The Morgan fingerprint density at radius 3 is 2.42 bits per heavy atom. The summed E-state index contributed by atoms with van der Waals surface area (Å²) in [7, 11) is 0. The highest BCUT2D eigenvalue weighted by Crippen LogP contribution is 2.07. The fraction of sp³-hybridized carbons (Fsp3) is 1.00. The molecule has 0 saturated carbocycles. The van der Waals surface area contributed by atoms with Crippen LogP contribution in [0.15, 0.2) is 0 Å². The van der Waals surface area contributed by atoms with Crippen LogP contribution in [0.3, 0.4) is 0 Å². The van der Waals surface area contributed by atoms with Crippen molar-refractivity contribution in [2.24, 2.45) is 5.92 Å². The van der Waals surface area contributed by atoms with Crippen LogP contribution in [0.5, 0.6) is 0 Å². The summed E-state index contributed by atoms with van der Waals surface area (Å²) in [5.41, 5.74) is 0. The van der Waals surface area contributed by atoms with E-state index in [0.717, 1.165) is 6.42 Å². The normalized spacial score (nSPS) is 16.0. The Morgan fingerprint density at radius 1 is 1.25 bits per heavy atom. The third kappa shape index (κ3) is 6.54. The smallest absolute Gasteiger partial charge is 0.105 e. The summed E-state index contributed by atoms with van der Waals surface area (Å²) in [5, 5.41) is 16.7. The van der Waals surface area contributed by atoms with E-state index in [4.69, 9.17) is 15.1 Å². The van der Waals surface area contributed by atoms with Gasteiger partial charge in [-0.1, -0.05) is 6.92 Å². The molecule has 2 N–H and O–H groups in total. The summed E-state index contributed by atoms with van der Waals surface area (Å²) in [6.07, 6.45) is 0.921. The molecule has 0 aromatic heterocycles. The molecule has 0 fully saturated rings. The van der Waals surface area contributed by atoms with Gasteiger partial charge in [0.05, 0.1) is 12.7 Å². The number of aliphatic hydroxyl groups is 1. The quantitative estimate of drug-likeness (QED) is 0.345. The fourth-order valence-corrected chi connectivity index (χ4v) is 0.996. The highest BCUT2D eigenvalue weighted by molar-refractivity contribution is 4.56. The summed E-state index contributed by atoms with van der Waals surface area (Å²) in [6, 6.07) is 0. The van der Waals surface area contributed by atoms with Crippen molar-refractivity contribution in [2.45, 2.75) is 26.4 Å². The minimum Gasteiger partial charge on any atom is -0.396 e. The molecular formula is C8H18O4. The number of aliphatic hydroxyl groups excluding tert-OH is 1. The molecule has 0 rings (SSSR count). The maximum atomic E-state index is 8.74. The molecule has 4 nitrogen and oxygen atoms in total. The summed E-state index contributed by atoms with van der Waals surface area (Å²) < 4.78 is 5.26. The van der Waals surface area contributed by atoms with Crippen molar-refractivity contribution in [3.63, 3.8) is 0 Å². The molecule has 0 aliphatic heterocycles. The zero-order valence-corrected chi connectivity index (χ0v) is 7.69. The number of rotatable bonds is 7. The van der Waals surface area contributed by atoms with Gasteiger partial charge in [0.15, 0.2) is 0 Å². The molecule has 0 radical (unpaired) electrons. The lowest BCUT2D eigenvalue weighted by Crippen LogP contribution is -2.17. The van der Waals surface area contributed by atoms with E-state index in [1.165, 1.54) is 0 Å². The number of hydrogen-bond acceptors (Lipinski definition) is 4. The first kappa shape index (κ1) is 11.8. The molecule has 0 amide bonds. The predicted octanol–water partition coefficient (Wildman–Crippen LogP) is 0.900. The van der Waals surface area contributed by atoms with E-state index in [1.807, 2.05) is 13.8 Å². The highest BCUT2D eigenvalue weighted by Gasteiger charge is 2.07. The van der Waals surface area contributed by atoms with Gasteiger partial charge in [-0.3, -0.25) is 5.26 Å². The first-order valence-corrected chi connectivity index (χ1v) is 4.19. The lowest BCUT2D eigenvalue weighted by molar-refractivity contribution is -0.250. The van der Waals surface area contributed by atoms with Crippen LogP contribution in [0, 0.1) is 5.92 Å². The van der Waals surface area contributed by atoms with Crippen molar-refractivity contribution in [3.05, 3.63) is 0 Å². The predicted molar refractivity (Wildman–Crippen MR) is 44.9 cm³/mol. The lowest BCUT2D eigenvalue weighted by Gasteiger charge is -2.15. The van der Waals surface area contributed by atoms with E-state index < -0.39 is 0 Å². The highest BCUT2D eigenvalue weighted by atomic mass is 17.1. The lowest BCUT2D eigenvalue weighted by atomic mass is 10.1. The second kappa shape index (κ2) is 7.49. The van der Waals surface area contributed by atoms with Gasteiger partial charge in [-0.2, -0.15) is 0 Å². The Kier molecular flexibility index (Phi) is 7.39. The molecule has 2 unspecified atom stereocenters. The minimum atomic E-state index is 0.0994. The van der Waals surface area contributed by atoms with Gasteiger partial charge in [-0.05, 0) is 19.3 Å². The summed E-state index contributed by atoms with van der Waals surface area (Å²) in [5.74, 6) is 0.259. The molecular weight excluding hydrogens is 160 g/mol. The van der Waals surface area contributed by atoms with Crippen LogP contribution in [0.2, 0.25) is 0 Å². The molecule has 0 saturated heterocycles. The zero-order chi connectivity index (χ0) is 9.40. The molecule has 0 aliphatic rings. The van der Waals surface area contributed by atoms with E-state index in [2.05, 4.69) is 4.89 Å². The van der Waals surface area contributed by atoms with E-state index >= 15 is 0 Å². The molecule has 0 spiro atoms. The third-order valence-electron chi connectivity index (χ3n) is 1.62. The van der Waals surface area contributed by atoms with Crippen LogP contribution in [-0.2, 0) is 9.62 Å². The Labute approximate surface area is 73.0 Å². The van der Waals surface area contributed by atoms with Gasteiger partial charge < -0.3 is 9.84 Å². The molecule has 0 heterocycles. The van der Waals surface area contributed by atoms with Crippen LogP contribution in [0.1, 0.15) is 20.3 Å². The van der Waals surface area contributed by atoms with Gasteiger partial charge in [0.1, 0.15) is 6.61 Å². The molecule has 0 aromatic rings. The van der Waals surface area contributed by atoms with E-state index in [1.54, 1.807) is 0 Å². The molecule has 2 atom stereocenters. The first-order chi connectivity index (χ1) is 5.70. The molecule has 0 aliphatic carbocycles. The summed E-state index contributed by atoms with van der Waals surface area (Å²) >= 11 is 0. The topological polar surface area (TPSA) is 58.9 Å². The maximum Gasteiger partial charge on any atom is 0.105 e. The standard InChI is InChI=1S/C8H18O4/c1-7(6-9)5-8(2)11-3-4-12-10/h7-10H,3-6H2,1-2H3. The third-order valence-corrected chi connectivity index (χ3v) is 1.62. The summed E-state index contributed by atoms with van der Waals surface area (Å²) in [6.45, 7) is 4.66. The second-order valence-electron chi connectivity index (χ2n) is 3.04. The van der Waals surface area contributed by atoms with Gasteiger partial charge in [-0.25, -0.2) is 4.89 Å². The van der Waals surface area contributed by atoms with Gasteiger partial charge in [-0.15, -0.1) is 0 Å². The Balaban J connectivity index is 3.26. The van der Waals surface area contributed by atoms with Gasteiger partial charge in [0.2, 0.25) is 0 Å². The average molecular weight is 178 g/mol. The SMILES string of the molecule is CC(CO)CC(C)OCCOO. The average Bonchev–Trinajstić information content (AvgIpc) is 2.05. The van der Waals surface area contributed by atoms with Crippen LogP contribution < -0.4 is 0 Å². The van der Waals surface area contributed by atoms with Crippen LogP contribution in [0.25, 0.3) is 0 Å². The summed E-state index contributed by atoms with van der Waals surface area (Å²) in [4.78, 5) is 3.85. The first-order valence-electron chi connectivity index (χ1n) is 4.19. The zero-order valence-electron chi connectivity index (χ0n) is 7.69. The van der Waals surface area contributed by atoms with Crippen molar-refractivity contribution in [1.82, 2.24) is 0 Å². The fourth-order valence-electron chi connectivity index (χ4n) is 0.996. The molecule has 0 aromatic carbocycles. The van der Waals surface area contributed by atoms with Gasteiger partial charge in [0.25, 0.3) is 0 Å². The minimum absolute atomic E-state index is 0.0994. The largest absolute Gasteiger partial charge is 0.396 e. The van der Waals surface area contributed by atoms with Crippen molar-refractivity contribution in [1.29, 1.82) is 0 Å². The second-order valence-corrected chi connectivity index (χ2v) is 3.04. The number of hydrogen-bond donors (Lipinski definition) is 2. The van der Waals surface area contributed by atoms with E-state index in [0.29, 0.717) is 6.61 Å². The van der Waals surface area contributed by atoms with E-state index in [-0.39, 0.29) is 25.2 Å². The van der Waals surface area contributed by atoms with E-state index in [9.17, 15) is 0 Å². The van der Waals surface area contributed by atoms with Gasteiger partial charge >= 0.3 is 0 Å². The molecule has 74 valence electrons. The Bertz CT molecular complexity index is 97.1. The Hall–Kier alpha value is -0.160. The van der Waals surface area contributed by atoms with Gasteiger partial charge in [0, 0.05) is 6.61 Å².